The number of rotatable bonds is 4. The fraction of sp³-hybridized carbons (Fsp3) is 0.812. The van der Waals surface area contributed by atoms with Gasteiger partial charge in [-0.05, 0) is 45.6 Å². The zero-order chi connectivity index (χ0) is 13.9. The number of nitrogens with one attached hydrogen (secondary N) is 1. The van der Waals surface area contributed by atoms with Crippen molar-refractivity contribution in [1.29, 1.82) is 0 Å². The fourth-order valence-corrected chi connectivity index (χ4v) is 4.74. The van der Waals surface area contributed by atoms with Crippen LogP contribution >= 0.6 is 11.3 Å². The summed E-state index contributed by atoms with van der Waals surface area (Å²) in [6, 6.07) is 1.49. The van der Waals surface area contributed by atoms with E-state index in [0.717, 1.165) is 18.5 Å². The lowest BCUT2D eigenvalue weighted by Gasteiger charge is -2.41. The molecular formula is C16H27N3S. The van der Waals surface area contributed by atoms with Crippen molar-refractivity contribution in [2.75, 3.05) is 13.6 Å². The van der Waals surface area contributed by atoms with E-state index in [-0.39, 0.29) is 0 Å². The van der Waals surface area contributed by atoms with E-state index < -0.39 is 0 Å². The van der Waals surface area contributed by atoms with E-state index in [9.17, 15) is 0 Å². The first kappa shape index (κ1) is 14.5. The molecule has 4 heteroatoms. The molecular weight excluding hydrogens is 266 g/mol. The highest BCUT2D eigenvalue weighted by Gasteiger charge is 2.31. The van der Waals surface area contributed by atoms with Gasteiger partial charge in [0.2, 0.25) is 0 Å². The monoisotopic (exact) mass is 293 g/mol. The second-order valence-corrected chi connectivity index (χ2v) is 7.59. The Morgan fingerprint density at radius 3 is 2.95 bits per heavy atom. The van der Waals surface area contributed by atoms with Crippen molar-refractivity contribution < 1.29 is 0 Å². The van der Waals surface area contributed by atoms with Crippen molar-refractivity contribution in [2.24, 2.45) is 5.92 Å². The number of piperidine rings is 1. The van der Waals surface area contributed by atoms with Gasteiger partial charge in [-0.25, -0.2) is 4.98 Å². The number of hydrogen-bond donors (Lipinski definition) is 1. The predicted molar refractivity (Wildman–Crippen MR) is 85.1 cm³/mol. The average Bonchev–Trinajstić information content (AvgIpc) is 2.84. The normalized spacial score (nSPS) is 30.4. The number of likely N-dealkylation sites (N-methyl/N-ethyl adjacent to an activating group) is 1. The van der Waals surface area contributed by atoms with Crippen LogP contribution in [-0.4, -0.2) is 35.6 Å². The van der Waals surface area contributed by atoms with Crippen molar-refractivity contribution in [3.63, 3.8) is 0 Å². The van der Waals surface area contributed by atoms with Gasteiger partial charge in [0.15, 0.2) is 0 Å². The minimum atomic E-state index is 0.688. The van der Waals surface area contributed by atoms with Gasteiger partial charge in [-0.2, -0.15) is 0 Å². The highest BCUT2D eigenvalue weighted by molar-refractivity contribution is 7.09. The topological polar surface area (TPSA) is 28.2 Å². The molecule has 2 aliphatic rings. The van der Waals surface area contributed by atoms with E-state index >= 15 is 0 Å². The van der Waals surface area contributed by atoms with Crippen LogP contribution in [0.5, 0.6) is 0 Å². The molecule has 2 heterocycles. The summed E-state index contributed by atoms with van der Waals surface area (Å²) in [7, 11) is 2.24. The van der Waals surface area contributed by atoms with Crippen molar-refractivity contribution in [2.45, 2.75) is 64.1 Å². The average molecular weight is 293 g/mol. The van der Waals surface area contributed by atoms with Gasteiger partial charge >= 0.3 is 0 Å². The summed E-state index contributed by atoms with van der Waals surface area (Å²) in [6.45, 7) is 4.33. The lowest BCUT2D eigenvalue weighted by molar-refractivity contribution is 0.151. The Kier molecular flexibility index (Phi) is 4.74. The molecule has 0 spiro atoms. The summed E-state index contributed by atoms with van der Waals surface area (Å²) in [6.07, 6.45) is 8.54. The summed E-state index contributed by atoms with van der Waals surface area (Å²) >= 11 is 1.78. The number of hydrogen-bond acceptors (Lipinski definition) is 4. The smallest absolute Gasteiger partial charge is 0.0798 e. The minimum Gasteiger partial charge on any atom is -0.310 e. The Hall–Kier alpha value is -0.450. The molecule has 3 atom stereocenters. The molecule has 1 aromatic rings. The standard InChI is InChI=1S/C16H27N3S/c1-12-16(20-11-17-12)10-19(2)9-14-8-7-13-5-3-4-6-15(13)18-14/h11,13-15,18H,3-10H2,1-2H3. The summed E-state index contributed by atoms with van der Waals surface area (Å²) in [5.41, 5.74) is 3.16. The van der Waals surface area contributed by atoms with E-state index in [4.69, 9.17) is 0 Å². The van der Waals surface area contributed by atoms with Crippen LogP contribution in [0.3, 0.4) is 0 Å². The summed E-state index contributed by atoms with van der Waals surface area (Å²) in [5.74, 6) is 0.967. The van der Waals surface area contributed by atoms with E-state index in [1.54, 1.807) is 11.3 Å². The highest BCUT2D eigenvalue weighted by atomic mass is 32.1. The maximum absolute atomic E-state index is 4.35. The molecule has 1 aliphatic heterocycles. The van der Waals surface area contributed by atoms with Crippen LogP contribution in [-0.2, 0) is 6.54 Å². The van der Waals surface area contributed by atoms with Gasteiger partial charge in [-0.15, -0.1) is 11.3 Å². The quantitative estimate of drug-likeness (QED) is 0.924. The molecule has 0 radical (unpaired) electrons. The molecule has 112 valence electrons. The van der Waals surface area contributed by atoms with Gasteiger partial charge in [-0.3, -0.25) is 4.90 Å². The summed E-state index contributed by atoms with van der Waals surface area (Å²) < 4.78 is 0. The molecule has 2 fully saturated rings. The van der Waals surface area contributed by atoms with Crippen LogP contribution in [0.25, 0.3) is 0 Å². The van der Waals surface area contributed by atoms with Crippen LogP contribution in [0.1, 0.15) is 49.1 Å². The number of aryl methyl sites for hydroxylation is 1. The van der Waals surface area contributed by atoms with Gasteiger partial charge in [0, 0.05) is 30.1 Å². The van der Waals surface area contributed by atoms with Crippen molar-refractivity contribution in [3.05, 3.63) is 16.1 Å². The Morgan fingerprint density at radius 2 is 2.15 bits per heavy atom. The van der Waals surface area contributed by atoms with Crippen molar-refractivity contribution >= 4 is 11.3 Å². The maximum Gasteiger partial charge on any atom is 0.0798 e. The number of aromatic nitrogens is 1. The van der Waals surface area contributed by atoms with Crippen LogP contribution in [0.4, 0.5) is 0 Å². The van der Waals surface area contributed by atoms with Gasteiger partial charge in [0.25, 0.3) is 0 Å². The molecule has 1 N–H and O–H groups in total. The third kappa shape index (κ3) is 3.41. The fourth-order valence-electron chi connectivity index (χ4n) is 3.88. The third-order valence-electron chi connectivity index (χ3n) is 5.04. The SMILES string of the molecule is Cc1ncsc1CN(C)CC1CCC2CCCCC2N1. The first-order valence-electron chi connectivity index (χ1n) is 8.06. The van der Waals surface area contributed by atoms with Gasteiger partial charge < -0.3 is 5.32 Å². The van der Waals surface area contributed by atoms with Crippen molar-refractivity contribution in [1.82, 2.24) is 15.2 Å². The third-order valence-corrected chi connectivity index (χ3v) is 5.96. The molecule has 0 aromatic carbocycles. The lowest BCUT2D eigenvalue weighted by atomic mass is 9.78. The summed E-state index contributed by atoms with van der Waals surface area (Å²) in [5, 5.41) is 3.93. The first-order valence-corrected chi connectivity index (χ1v) is 8.94. The molecule has 3 unspecified atom stereocenters. The molecule has 3 rings (SSSR count). The molecule has 20 heavy (non-hydrogen) atoms. The van der Waals surface area contributed by atoms with E-state index in [2.05, 4.69) is 29.2 Å². The van der Waals surface area contributed by atoms with E-state index in [1.807, 2.05) is 5.51 Å². The Balaban J connectivity index is 1.49. The molecule has 1 aromatic heterocycles. The predicted octanol–water partition coefficient (Wildman–Crippen LogP) is 3.19. The van der Waals surface area contributed by atoms with Gasteiger partial charge in [0.05, 0.1) is 11.2 Å². The Bertz CT molecular complexity index is 431. The number of fused-ring (bicyclic) bond motifs is 1. The van der Waals surface area contributed by atoms with E-state index in [0.29, 0.717) is 6.04 Å². The van der Waals surface area contributed by atoms with Gasteiger partial charge in [-0.1, -0.05) is 12.8 Å². The largest absolute Gasteiger partial charge is 0.310 e. The van der Waals surface area contributed by atoms with Crippen LogP contribution < -0.4 is 5.32 Å². The maximum atomic E-state index is 4.35. The molecule has 1 aliphatic carbocycles. The summed E-state index contributed by atoms with van der Waals surface area (Å²) in [4.78, 5) is 8.22. The number of nitrogens with zero attached hydrogens (tertiary/aromatic N) is 2. The molecule has 0 bridgehead atoms. The van der Waals surface area contributed by atoms with Gasteiger partial charge in [0.1, 0.15) is 0 Å². The molecule has 3 nitrogen and oxygen atoms in total. The number of thiazole rings is 1. The van der Waals surface area contributed by atoms with E-state index in [1.165, 1.54) is 55.6 Å². The zero-order valence-corrected chi connectivity index (χ0v) is 13.6. The Labute approximate surface area is 126 Å². The second-order valence-electron chi connectivity index (χ2n) is 6.65. The van der Waals surface area contributed by atoms with Crippen molar-refractivity contribution in [3.8, 4) is 0 Å². The lowest BCUT2D eigenvalue weighted by Crippen LogP contribution is -2.52. The van der Waals surface area contributed by atoms with Crippen LogP contribution in [0.15, 0.2) is 5.51 Å². The van der Waals surface area contributed by atoms with Crippen LogP contribution in [0.2, 0.25) is 0 Å². The Morgan fingerprint density at radius 1 is 1.30 bits per heavy atom. The second kappa shape index (κ2) is 6.54. The molecule has 1 saturated carbocycles. The molecule has 0 amide bonds. The van der Waals surface area contributed by atoms with Crippen LogP contribution in [0, 0.1) is 12.8 Å². The zero-order valence-electron chi connectivity index (χ0n) is 12.8. The highest BCUT2D eigenvalue weighted by Crippen LogP contribution is 2.32. The minimum absolute atomic E-state index is 0.688. The first-order chi connectivity index (χ1) is 9.72. The molecule has 1 saturated heterocycles.